The van der Waals surface area contributed by atoms with Crippen molar-refractivity contribution >= 4 is 29.0 Å². The van der Waals surface area contributed by atoms with Crippen molar-refractivity contribution in [2.24, 2.45) is 11.8 Å². The molecule has 0 spiro atoms. The Kier molecular flexibility index (Phi) is 6.99. The largest absolute Gasteiger partial charge is 0.489 e. The fourth-order valence-electron chi connectivity index (χ4n) is 4.39. The van der Waals surface area contributed by atoms with Crippen LogP contribution in [0.1, 0.15) is 50.9 Å². The molecule has 6 nitrogen and oxygen atoms in total. The number of ether oxygens (including phenoxy) is 1. The number of nitrogens with one attached hydrogen (secondary N) is 1. The molecule has 0 radical (unpaired) electrons. The van der Waals surface area contributed by atoms with E-state index < -0.39 is 0 Å². The van der Waals surface area contributed by atoms with E-state index in [2.05, 4.69) is 28.7 Å². The molecule has 1 aliphatic carbocycles. The summed E-state index contributed by atoms with van der Waals surface area (Å²) < 4.78 is 6.19. The molecule has 1 aromatic carbocycles. The number of anilines is 1. The molecule has 170 valence electrons. The second kappa shape index (κ2) is 9.90. The highest BCUT2D eigenvalue weighted by atomic mass is 35.5. The number of nitrogens with zero attached hydrogens (tertiary/aromatic N) is 3. The minimum Gasteiger partial charge on any atom is -0.489 e. The van der Waals surface area contributed by atoms with Crippen molar-refractivity contribution in [3.8, 4) is 5.75 Å². The summed E-state index contributed by atoms with van der Waals surface area (Å²) in [5.74, 6) is 3.88. The lowest BCUT2D eigenvalue weighted by atomic mass is 9.96. The molecule has 2 atom stereocenters. The van der Waals surface area contributed by atoms with Gasteiger partial charge in [-0.15, -0.1) is 0 Å². The van der Waals surface area contributed by atoms with Crippen LogP contribution in [0.5, 0.6) is 5.75 Å². The fraction of sp³-hybridized carbons (Fsp3) is 0.480. The number of benzene rings is 1. The summed E-state index contributed by atoms with van der Waals surface area (Å²) in [5, 5.41) is 3.30. The molecule has 1 aromatic heterocycles. The van der Waals surface area contributed by atoms with Crippen LogP contribution >= 0.6 is 11.6 Å². The van der Waals surface area contributed by atoms with Crippen molar-refractivity contribution in [3.05, 3.63) is 53.5 Å². The van der Waals surface area contributed by atoms with E-state index in [9.17, 15) is 4.79 Å². The van der Waals surface area contributed by atoms with E-state index in [1.165, 1.54) is 26.2 Å². The number of carbonyl (C=O) groups excluding carboxylic acids is 1. The van der Waals surface area contributed by atoms with Crippen LogP contribution in [0.15, 0.2) is 37.0 Å². The summed E-state index contributed by atoms with van der Waals surface area (Å²) in [4.78, 5) is 22.7. The molecule has 7 heteroatoms. The van der Waals surface area contributed by atoms with E-state index in [-0.39, 0.29) is 12.0 Å². The zero-order valence-electron chi connectivity index (χ0n) is 18.8. The number of hydrogen-bond donors (Lipinski definition) is 1. The van der Waals surface area contributed by atoms with Gasteiger partial charge < -0.3 is 15.0 Å². The number of halogens is 1. The molecule has 0 bridgehead atoms. The first-order valence-electron chi connectivity index (χ1n) is 11.4. The number of aromatic nitrogens is 2. The molecule has 4 rings (SSSR count). The van der Waals surface area contributed by atoms with E-state index in [4.69, 9.17) is 21.3 Å². The van der Waals surface area contributed by atoms with Gasteiger partial charge in [0.2, 0.25) is 5.91 Å². The Morgan fingerprint density at radius 1 is 1.31 bits per heavy atom. The van der Waals surface area contributed by atoms with Crippen LogP contribution in [-0.2, 0) is 11.2 Å². The number of hydrogen-bond acceptors (Lipinski definition) is 5. The van der Waals surface area contributed by atoms with Crippen LogP contribution in [0.2, 0.25) is 5.02 Å². The average Bonchev–Trinajstić information content (AvgIpc) is 3.52. The van der Waals surface area contributed by atoms with Gasteiger partial charge in [-0.25, -0.2) is 9.97 Å². The van der Waals surface area contributed by atoms with Crippen LogP contribution in [0.4, 0.5) is 5.82 Å². The van der Waals surface area contributed by atoms with Crippen LogP contribution in [-0.4, -0.2) is 35.1 Å². The Morgan fingerprint density at radius 2 is 2.06 bits per heavy atom. The maximum absolute atomic E-state index is 11.2. The van der Waals surface area contributed by atoms with Crippen LogP contribution < -0.4 is 15.0 Å². The molecule has 2 fully saturated rings. The minimum absolute atomic E-state index is 0.0590. The Morgan fingerprint density at radius 3 is 2.72 bits per heavy atom. The number of rotatable bonds is 9. The number of carbonyl (C=O) groups is 1. The molecule has 1 aliphatic heterocycles. The van der Waals surface area contributed by atoms with Crippen molar-refractivity contribution in [2.45, 2.75) is 52.1 Å². The van der Waals surface area contributed by atoms with Crippen LogP contribution in [0.3, 0.4) is 0 Å². The molecule has 2 heterocycles. The summed E-state index contributed by atoms with van der Waals surface area (Å²) in [6, 6.07) is 7.61. The molecular formula is C25H31ClN4O2. The van der Waals surface area contributed by atoms with Gasteiger partial charge in [0.1, 0.15) is 22.7 Å². The molecule has 2 unspecified atom stereocenters. The predicted molar refractivity (Wildman–Crippen MR) is 128 cm³/mol. The molecule has 1 amide bonds. The topological polar surface area (TPSA) is 67.3 Å². The first-order valence-corrected chi connectivity index (χ1v) is 11.8. The van der Waals surface area contributed by atoms with Gasteiger partial charge in [0.05, 0.1) is 12.7 Å². The molecule has 2 aliphatic rings. The van der Waals surface area contributed by atoms with E-state index in [1.54, 1.807) is 6.20 Å². The standard InChI is InChI=1S/C25H31ClN4O2/c1-4-18(20-5-6-20)13-24-27-14-23(26)25(29-24)30-12-11-22(15-30)32-21-9-7-19(8-10-21)16(2)28-17(3)31/h7-10,14,18,20,22H,2,4-6,11-13,15H2,1,3H3,(H,28,31). The minimum atomic E-state index is -0.134. The Labute approximate surface area is 195 Å². The van der Waals surface area contributed by atoms with Crippen molar-refractivity contribution in [2.75, 3.05) is 18.0 Å². The summed E-state index contributed by atoms with van der Waals surface area (Å²) >= 11 is 6.47. The maximum Gasteiger partial charge on any atom is 0.221 e. The second-order valence-corrected chi connectivity index (χ2v) is 9.23. The van der Waals surface area contributed by atoms with Gasteiger partial charge in [0.15, 0.2) is 5.82 Å². The Hall–Kier alpha value is -2.60. The van der Waals surface area contributed by atoms with Gasteiger partial charge in [0.25, 0.3) is 0 Å². The lowest BCUT2D eigenvalue weighted by molar-refractivity contribution is -0.117. The lowest BCUT2D eigenvalue weighted by Crippen LogP contribution is -2.26. The second-order valence-electron chi connectivity index (χ2n) is 8.83. The quantitative estimate of drug-likeness (QED) is 0.585. The van der Waals surface area contributed by atoms with E-state index in [0.717, 1.165) is 54.8 Å². The summed E-state index contributed by atoms with van der Waals surface area (Å²) in [6.45, 7) is 9.19. The third-order valence-corrected chi connectivity index (χ3v) is 6.58. The van der Waals surface area contributed by atoms with Crippen molar-refractivity contribution in [3.63, 3.8) is 0 Å². The van der Waals surface area contributed by atoms with Gasteiger partial charge in [-0.05, 0) is 54.5 Å². The van der Waals surface area contributed by atoms with Crippen LogP contribution in [0.25, 0.3) is 5.70 Å². The summed E-state index contributed by atoms with van der Waals surface area (Å²) in [5.41, 5.74) is 1.44. The fourth-order valence-corrected chi connectivity index (χ4v) is 4.60. The van der Waals surface area contributed by atoms with E-state index in [0.29, 0.717) is 16.6 Å². The van der Waals surface area contributed by atoms with Crippen molar-refractivity contribution < 1.29 is 9.53 Å². The molecule has 32 heavy (non-hydrogen) atoms. The third kappa shape index (κ3) is 5.60. The Balaban J connectivity index is 1.36. The van der Waals surface area contributed by atoms with Gasteiger partial charge in [-0.2, -0.15) is 0 Å². The van der Waals surface area contributed by atoms with Gasteiger partial charge in [-0.1, -0.05) is 31.5 Å². The van der Waals surface area contributed by atoms with Gasteiger partial charge >= 0.3 is 0 Å². The molecule has 1 saturated carbocycles. The maximum atomic E-state index is 11.2. The molecule has 1 N–H and O–H groups in total. The number of amides is 1. The van der Waals surface area contributed by atoms with Crippen molar-refractivity contribution in [1.29, 1.82) is 0 Å². The van der Waals surface area contributed by atoms with Gasteiger partial charge in [0, 0.05) is 32.0 Å². The first kappa shape index (κ1) is 22.6. The smallest absolute Gasteiger partial charge is 0.221 e. The monoisotopic (exact) mass is 454 g/mol. The van der Waals surface area contributed by atoms with E-state index in [1.807, 2.05) is 24.3 Å². The highest BCUT2D eigenvalue weighted by Gasteiger charge is 2.31. The van der Waals surface area contributed by atoms with Crippen LogP contribution in [0, 0.1) is 11.8 Å². The van der Waals surface area contributed by atoms with Gasteiger partial charge in [-0.3, -0.25) is 4.79 Å². The van der Waals surface area contributed by atoms with Crippen molar-refractivity contribution in [1.82, 2.24) is 15.3 Å². The molecule has 1 saturated heterocycles. The normalized spacial score (nSPS) is 19.0. The average molecular weight is 455 g/mol. The zero-order chi connectivity index (χ0) is 22.7. The first-order chi connectivity index (χ1) is 15.4. The SMILES string of the molecule is C=C(NC(C)=O)c1ccc(OC2CCN(c3nc(CC(CC)C4CC4)ncc3Cl)C2)cc1. The summed E-state index contributed by atoms with van der Waals surface area (Å²) in [6.07, 6.45) is 7.48. The highest BCUT2D eigenvalue weighted by Crippen LogP contribution is 2.40. The summed E-state index contributed by atoms with van der Waals surface area (Å²) in [7, 11) is 0. The lowest BCUT2D eigenvalue weighted by Gasteiger charge is -2.20. The predicted octanol–water partition coefficient (Wildman–Crippen LogP) is 4.87. The third-order valence-electron chi connectivity index (χ3n) is 6.31. The highest BCUT2D eigenvalue weighted by molar-refractivity contribution is 6.32. The van der Waals surface area contributed by atoms with E-state index >= 15 is 0 Å². The molecular weight excluding hydrogens is 424 g/mol. The molecule has 2 aromatic rings. The Bertz CT molecular complexity index is 974. The zero-order valence-corrected chi connectivity index (χ0v) is 19.6.